The molecule has 124 valence electrons. The summed E-state index contributed by atoms with van der Waals surface area (Å²) in [6, 6.07) is 6.29. The Morgan fingerprint density at radius 2 is 2.18 bits per heavy atom. The molecule has 22 heavy (non-hydrogen) atoms. The van der Waals surface area contributed by atoms with Gasteiger partial charge in [0.15, 0.2) is 9.84 Å². The highest BCUT2D eigenvalue weighted by molar-refractivity contribution is 7.91. The second-order valence-corrected chi connectivity index (χ2v) is 7.99. The maximum absolute atomic E-state index is 13.4. The van der Waals surface area contributed by atoms with Crippen molar-refractivity contribution < 1.29 is 22.7 Å². The lowest BCUT2D eigenvalue weighted by Crippen LogP contribution is -2.39. The zero-order chi connectivity index (χ0) is 16.2. The van der Waals surface area contributed by atoms with Gasteiger partial charge in [0.1, 0.15) is 5.82 Å². The van der Waals surface area contributed by atoms with Crippen molar-refractivity contribution >= 4 is 9.84 Å². The van der Waals surface area contributed by atoms with Crippen LogP contribution in [0.3, 0.4) is 0 Å². The van der Waals surface area contributed by atoms with E-state index < -0.39 is 15.9 Å². The smallest absolute Gasteiger partial charge is 0.151 e. The van der Waals surface area contributed by atoms with Crippen LogP contribution in [0, 0.1) is 5.82 Å². The van der Waals surface area contributed by atoms with Crippen LogP contribution < -0.4 is 0 Å². The summed E-state index contributed by atoms with van der Waals surface area (Å²) in [4.78, 5) is 1.85. The minimum atomic E-state index is -2.93. The van der Waals surface area contributed by atoms with E-state index in [4.69, 9.17) is 4.74 Å². The Bertz CT molecular complexity index is 593. The van der Waals surface area contributed by atoms with E-state index >= 15 is 0 Å². The Labute approximate surface area is 130 Å². The molecule has 1 aliphatic heterocycles. The zero-order valence-electron chi connectivity index (χ0n) is 12.6. The maximum atomic E-state index is 13.4. The van der Waals surface area contributed by atoms with Gasteiger partial charge in [0, 0.05) is 18.2 Å². The average molecular weight is 331 g/mol. The molecule has 2 atom stereocenters. The molecule has 1 saturated heterocycles. The summed E-state index contributed by atoms with van der Waals surface area (Å²) in [5, 5.41) is 9.95. The van der Waals surface area contributed by atoms with E-state index in [0.717, 1.165) is 0 Å². The standard InChI is InChI=1S/C15H22FNO4S/c1-17(13-6-7-22(19,20)11-13)8-14(18)10-21-9-12-4-2-3-5-15(12)16/h2-5,13-14,18H,6-11H2,1H3. The molecule has 2 unspecified atom stereocenters. The molecule has 0 aromatic heterocycles. The number of likely N-dealkylation sites (N-methyl/N-ethyl adjacent to an activating group) is 1. The van der Waals surface area contributed by atoms with Crippen molar-refractivity contribution in [1.29, 1.82) is 0 Å². The summed E-state index contributed by atoms with van der Waals surface area (Å²) in [7, 11) is -1.13. The number of hydrogen-bond donors (Lipinski definition) is 1. The van der Waals surface area contributed by atoms with E-state index in [0.29, 0.717) is 18.5 Å². The van der Waals surface area contributed by atoms with Crippen LogP contribution in [0.25, 0.3) is 0 Å². The molecule has 1 heterocycles. The van der Waals surface area contributed by atoms with Gasteiger partial charge in [-0.05, 0) is 19.5 Å². The maximum Gasteiger partial charge on any atom is 0.151 e. The van der Waals surface area contributed by atoms with Crippen LogP contribution in [0.4, 0.5) is 4.39 Å². The van der Waals surface area contributed by atoms with Crippen LogP contribution in [0.5, 0.6) is 0 Å². The Balaban J connectivity index is 1.72. The van der Waals surface area contributed by atoms with E-state index in [1.165, 1.54) is 6.07 Å². The quantitative estimate of drug-likeness (QED) is 0.801. The fraction of sp³-hybridized carbons (Fsp3) is 0.600. The van der Waals surface area contributed by atoms with Crippen LogP contribution in [-0.2, 0) is 21.2 Å². The molecule has 5 nitrogen and oxygen atoms in total. The summed E-state index contributed by atoms with van der Waals surface area (Å²) < 4.78 is 41.6. The number of nitrogens with zero attached hydrogens (tertiary/aromatic N) is 1. The number of aliphatic hydroxyl groups is 1. The summed E-state index contributed by atoms with van der Waals surface area (Å²) in [6.07, 6.45) is -0.137. The second-order valence-electron chi connectivity index (χ2n) is 5.76. The summed E-state index contributed by atoms with van der Waals surface area (Å²) in [6.45, 7) is 0.515. The van der Waals surface area contributed by atoms with Crippen molar-refractivity contribution in [3.63, 3.8) is 0 Å². The number of sulfone groups is 1. The largest absolute Gasteiger partial charge is 0.389 e. The Kier molecular flexibility index (Phi) is 5.91. The predicted octanol–water partition coefficient (Wildman–Crippen LogP) is 0.822. The van der Waals surface area contributed by atoms with Crippen molar-refractivity contribution in [3.05, 3.63) is 35.6 Å². The lowest BCUT2D eigenvalue weighted by molar-refractivity contribution is 0.00837. The van der Waals surface area contributed by atoms with Gasteiger partial charge >= 0.3 is 0 Å². The van der Waals surface area contributed by atoms with Crippen molar-refractivity contribution in [2.75, 3.05) is 31.7 Å². The fourth-order valence-electron chi connectivity index (χ4n) is 2.58. The number of aliphatic hydroxyl groups excluding tert-OH is 1. The van der Waals surface area contributed by atoms with Crippen LogP contribution in [0.2, 0.25) is 0 Å². The van der Waals surface area contributed by atoms with Gasteiger partial charge in [-0.1, -0.05) is 18.2 Å². The molecule has 0 spiro atoms. The van der Waals surface area contributed by atoms with Gasteiger partial charge < -0.3 is 9.84 Å². The van der Waals surface area contributed by atoms with Gasteiger partial charge in [0.25, 0.3) is 0 Å². The predicted molar refractivity (Wildman–Crippen MR) is 81.8 cm³/mol. The first-order chi connectivity index (χ1) is 10.4. The van der Waals surface area contributed by atoms with Crippen LogP contribution in [0.1, 0.15) is 12.0 Å². The number of halogens is 1. The molecular formula is C15H22FNO4S. The van der Waals surface area contributed by atoms with Crippen molar-refractivity contribution in [2.24, 2.45) is 0 Å². The molecule has 7 heteroatoms. The fourth-order valence-corrected chi connectivity index (χ4v) is 4.38. The molecule has 2 rings (SSSR count). The number of hydrogen-bond acceptors (Lipinski definition) is 5. The third-order valence-electron chi connectivity index (χ3n) is 3.86. The molecule has 1 aromatic carbocycles. The third kappa shape index (κ3) is 5.01. The summed E-state index contributed by atoms with van der Waals surface area (Å²) in [5.74, 6) is 0.0269. The van der Waals surface area contributed by atoms with Gasteiger partial charge in [-0.15, -0.1) is 0 Å². The van der Waals surface area contributed by atoms with Gasteiger partial charge in [-0.25, -0.2) is 12.8 Å². The van der Waals surface area contributed by atoms with Crippen molar-refractivity contribution in [3.8, 4) is 0 Å². The van der Waals surface area contributed by atoms with E-state index in [1.807, 2.05) is 4.90 Å². The van der Waals surface area contributed by atoms with Gasteiger partial charge in [-0.2, -0.15) is 0 Å². The molecular weight excluding hydrogens is 309 g/mol. The molecule has 1 N–H and O–H groups in total. The monoisotopic (exact) mass is 331 g/mol. The molecule has 0 aliphatic carbocycles. The minimum absolute atomic E-state index is 0.0498. The Morgan fingerprint density at radius 1 is 1.45 bits per heavy atom. The molecule has 0 amide bonds. The first-order valence-corrected chi connectivity index (χ1v) is 9.09. The highest BCUT2D eigenvalue weighted by Gasteiger charge is 2.31. The zero-order valence-corrected chi connectivity index (χ0v) is 13.4. The highest BCUT2D eigenvalue weighted by atomic mass is 32.2. The van der Waals surface area contributed by atoms with E-state index in [-0.39, 0.29) is 36.6 Å². The van der Waals surface area contributed by atoms with Gasteiger partial charge in [0.05, 0.1) is 30.8 Å². The summed E-state index contributed by atoms with van der Waals surface area (Å²) >= 11 is 0. The first kappa shape index (κ1) is 17.3. The number of rotatable bonds is 7. The molecule has 0 bridgehead atoms. The van der Waals surface area contributed by atoms with Gasteiger partial charge in [0.2, 0.25) is 0 Å². The molecule has 1 aliphatic rings. The van der Waals surface area contributed by atoms with Crippen LogP contribution in [-0.4, -0.2) is 62.3 Å². The lowest BCUT2D eigenvalue weighted by atomic mass is 10.2. The number of ether oxygens (including phenoxy) is 1. The Hall–Kier alpha value is -1.02. The molecule has 0 radical (unpaired) electrons. The Morgan fingerprint density at radius 3 is 2.82 bits per heavy atom. The second kappa shape index (κ2) is 7.50. The van der Waals surface area contributed by atoms with Crippen LogP contribution in [0.15, 0.2) is 24.3 Å². The normalized spacial score (nSPS) is 22.1. The van der Waals surface area contributed by atoms with Crippen molar-refractivity contribution in [1.82, 2.24) is 4.90 Å². The third-order valence-corrected chi connectivity index (χ3v) is 5.61. The number of benzene rings is 1. The molecule has 0 saturated carbocycles. The SMILES string of the molecule is CN(CC(O)COCc1ccccc1F)C1CCS(=O)(=O)C1. The minimum Gasteiger partial charge on any atom is -0.389 e. The molecule has 1 aromatic rings. The van der Waals surface area contributed by atoms with E-state index in [1.54, 1.807) is 25.2 Å². The van der Waals surface area contributed by atoms with Crippen molar-refractivity contribution in [2.45, 2.75) is 25.2 Å². The molecule has 1 fully saturated rings. The van der Waals surface area contributed by atoms with E-state index in [9.17, 15) is 17.9 Å². The lowest BCUT2D eigenvalue weighted by Gasteiger charge is -2.25. The van der Waals surface area contributed by atoms with Crippen LogP contribution >= 0.6 is 0 Å². The topological polar surface area (TPSA) is 66.8 Å². The van der Waals surface area contributed by atoms with E-state index in [2.05, 4.69) is 0 Å². The van der Waals surface area contributed by atoms with Gasteiger partial charge in [-0.3, -0.25) is 4.90 Å². The first-order valence-electron chi connectivity index (χ1n) is 7.27. The highest BCUT2D eigenvalue weighted by Crippen LogP contribution is 2.16. The summed E-state index contributed by atoms with van der Waals surface area (Å²) in [5.41, 5.74) is 0.449. The average Bonchev–Trinajstić information content (AvgIpc) is 2.81.